The van der Waals surface area contributed by atoms with Gasteiger partial charge in [-0.05, 0) is 52.2 Å². The number of carbonyl (C=O) groups is 1. The molecule has 0 atom stereocenters. The Hall–Kier alpha value is -1.83. The van der Waals surface area contributed by atoms with E-state index in [4.69, 9.17) is 0 Å². The first-order chi connectivity index (χ1) is 9.50. The van der Waals surface area contributed by atoms with Gasteiger partial charge in [0.2, 0.25) is 0 Å². The monoisotopic (exact) mass is 271 g/mol. The molecule has 0 fully saturated rings. The highest BCUT2D eigenvalue weighted by Crippen LogP contribution is 2.07. The van der Waals surface area contributed by atoms with E-state index in [2.05, 4.69) is 38.2 Å². The molecule has 1 aromatic carbocycles. The number of amides is 1. The molecule has 0 bridgehead atoms. The van der Waals surface area contributed by atoms with E-state index < -0.39 is 0 Å². The first kappa shape index (κ1) is 16.2. The lowest BCUT2D eigenvalue weighted by Gasteiger charge is -2.06. The number of nitrogens with one attached hydrogen (secondary N) is 1. The molecule has 2 heteroatoms. The third-order valence-electron chi connectivity index (χ3n) is 3.19. The van der Waals surface area contributed by atoms with Crippen molar-refractivity contribution < 1.29 is 4.79 Å². The Morgan fingerprint density at radius 1 is 1.15 bits per heavy atom. The van der Waals surface area contributed by atoms with Gasteiger partial charge >= 0.3 is 0 Å². The number of allylic oxidation sites excluding steroid dienone is 3. The smallest absolute Gasteiger partial charge is 0.251 e. The number of benzene rings is 1. The molecule has 1 rings (SSSR count). The number of aryl methyl sites for hydroxylation is 1. The number of rotatable bonds is 6. The molecule has 1 aromatic rings. The highest BCUT2D eigenvalue weighted by Gasteiger charge is 2.05. The van der Waals surface area contributed by atoms with Gasteiger partial charge in [-0.25, -0.2) is 0 Å². The van der Waals surface area contributed by atoms with Crippen molar-refractivity contribution in [1.29, 1.82) is 0 Å². The Labute approximate surface area is 122 Å². The minimum Gasteiger partial charge on any atom is -0.349 e. The lowest BCUT2D eigenvalue weighted by molar-refractivity contribution is 0.0957. The third-order valence-corrected chi connectivity index (χ3v) is 3.19. The number of hydrogen-bond acceptors (Lipinski definition) is 1. The van der Waals surface area contributed by atoms with Crippen LogP contribution in [0.3, 0.4) is 0 Å². The SMILES string of the molecule is CC(C)=CCC/C(C)=C/CNC(=O)c1ccccc1C. The van der Waals surface area contributed by atoms with Gasteiger partial charge in [-0.3, -0.25) is 4.79 Å². The summed E-state index contributed by atoms with van der Waals surface area (Å²) in [5, 5.41) is 2.94. The quantitative estimate of drug-likeness (QED) is 0.762. The predicted molar refractivity (Wildman–Crippen MR) is 85.9 cm³/mol. The van der Waals surface area contributed by atoms with Crippen molar-refractivity contribution in [1.82, 2.24) is 5.32 Å². The fourth-order valence-corrected chi connectivity index (χ4v) is 1.93. The molecule has 0 unspecified atom stereocenters. The van der Waals surface area contributed by atoms with Gasteiger partial charge in [-0.2, -0.15) is 0 Å². The van der Waals surface area contributed by atoms with E-state index in [1.807, 2.05) is 31.2 Å². The third kappa shape index (κ3) is 5.87. The molecule has 1 amide bonds. The number of hydrogen-bond donors (Lipinski definition) is 1. The lowest BCUT2D eigenvalue weighted by Crippen LogP contribution is -2.24. The van der Waals surface area contributed by atoms with Crippen LogP contribution in [0.15, 0.2) is 47.6 Å². The summed E-state index contributed by atoms with van der Waals surface area (Å²) in [5.74, 6) is -0.00329. The van der Waals surface area contributed by atoms with Crippen LogP contribution in [0.1, 0.15) is 49.5 Å². The summed E-state index contributed by atoms with van der Waals surface area (Å²) in [5.41, 5.74) is 4.43. The van der Waals surface area contributed by atoms with E-state index in [1.165, 1.54) is 11.1 Å². The molecular formula is C18H25NO. The van der Waals surface area contributed by atoms with E-state index in [0.717, 1.165) is 24.0 Å². The van der Waals surface area contributed by atoms with Crippen LogP contribution >= 0.6 is 0 Å². The van der Waals surface area contributed by atoms with E-state index in [-0.39, 0.29) is 5.91 Å². The van der Waals surface area contributed by atoms with Crippen LogP contribution < -0.4 is 5.32 Å². The molecule has 0 aliphatic carbocycles. The normalized spacial score (nSPS) is 11.1. The molecule has 0 spiro atoms. The second kappa shape index (κ2) is 8.36. The Balaban J connectivity index is 2.42. The van der Waals surface area contributed by atoms with Crippen LogP contribution in [0.2, 0.25) is 0 Å². The summed E-state index contributed by atoms with van der Waals surface area (Å²) in [7, 11) is 0. The summed E-state index contributed by atoms with van der Waals surface area (Å²) in [6, 6.07) is 7.65. The Kier molecular flexibility index (Phi) is 6.78. The van der Waals surface area contributed by atoms with Crippen LogP contribution in [0.4, 0.5) is 0 Å². The van der Waals surface area contributed by atoms with Crippen LogP contribution in [0.5, 0.6) is 0 Å². The van der Waals surface area contributed by atoms with Gasteiger partial charge in [0.1, 0.15) is 0 Å². The van der Waals surface area contributed by atoms with Crippen LogP contribution in [0.25, 0.3) is 0 Å². The molecule has 20 heavy (non-hydrogen) atoms. The molecule has 0 aromatic heterocycles. The maximum Gasteiger partial charge on any atom is 0.251 e. The van der Waals surface area contributed by atoms with Crippen molar-refractivity contribution in [3.05, 3.63) is 58.7 Å². The molecule has 0 saturated heterocycles. The zero-order chi connectivity index (χ0) is 15.0. The molecule has 0 aliphatic rings. The Bertz CT molecular complexity index is 508. The average Bonchev–Trinajstić information content (AvgIpc) is 2.38. The van der Waals surface area contributed by atoms with Gasteiger partial charge < -0.3 is 5.32 Å². The van der Waals surface area contributed by atoms with Crippen molar-refractivity contribution in [3.63, 3.8) is 0 Å². The van der Waals surface area contributed by atoms with E-state index >= 15 is 0 Å². The molecular weight excluding hydrogens is 246 g/mol. The van der Waals surface area contributed by atoms with E-state index in [0.29, 0.717) is 6.54 Å². The molecule has 2 nitrogen and oxygen atoms in total. The zero-order valence-electron chi connectivity index (χ0n) is 13.0. The molecule has 108 valence electrons. The van der Waals surface area contributed by atoms with Crippen LogP contribution in [-0.2, 0) is 0 Å². The Morgan fingerprint density at radius 2 is 1.85 bits per heavy atom. The second-order valence-electron chi connectivity index (χ2n) is 5.40. The molecule has 0 radical (unpaired) electrons. The predicted octanol–water partition coefficient (Wildman–Crippen LogP) is 4.42. The van der Waals surface area contributed by atoms with Crippen molar-refractivity contribution in [2.75, 3.05) is 6.54 Å². The van der Waals surface area contributed by atoms with Gasteiger partial charge in [-0.15, -0.1) is 0 Å². The van der Waals surface area contributed by atoms with Crippen molar-refractivity contribution >= 4 is 5.91 Å². The fourth-order valence-electron chi connectivity index (χ4n) is 1.93. The first-order valence-corrected chi connectivity index (χ1v) is 7.13. The average molecular weight is 271 g/mol. The van der Waals surface area contributed by atoms with Crippen LogP contribution in [0, 0.1) is 6.92 Å². The minimum absolute atomic E-state index is 0.00329. The molecule has 0 saturated carbocycles. The van der Waals surface area contributed by atoms with Crippen molar-refractivity contribution in [2.45, 2.75) is 40.5 Å². The first-order valence-electron chi connectivity index (χ1n) is 7.13. The van der Waals surface area contributed by atoms with Gasteiger partial charge in [0.05, 0.1) is 0 Å². The standard InChI is InChI=1S/C18H25NO/c1-14(2)8-7-9-15(3)12-13-19-18(20)17-11-6-5-10-16(17)4/h5-6,8,10-12H,7,9,13H2,1-4H3,(H,19,20)/b15-12+. The molecule has 0 aliphatic heterocycles. The maximum absolute atomic E-state index is 12.0. The highest BCUT2D eigenvalue weighted by atomic mass is 16.1. The van der Waals surface area contributed by atoms with E-state index in [9.17, 15) is 4.79 Å². The van der Waals surface area contributed by atoms with Gasteiger partial charge in [-0.1, -0.05) is 41.5 Å². The minimum atomic E-state index is -0.00329. The zero-order valence-corrected chi connectivity index (χ0v) is 13.0. The summed E-state index contributed by atoms with van der Waals surface area (Å²) >= 11 is 0. The largest absolute Gasteiger partial charge is 0.349 e. The molecule has 0 heterocycles. The Morgan fingerprint density at radius 3 is 2.50 bits per heavy atom. The fraction of sp³-hybridized carbons (Fsp3) is 0.389. The second-order valence-corrected chi connectivity index (χ2v) is 5.40. The summed E-state index contributed by atoms with van der Waals surface area (Å²) in [6.07, 6.45) is 6.44. The van der Waals surface area contributed by atoms with Gasteiger partial charge in [0, 0.05) is 12.1 Å². The van der Waals surface area contributed by atoms with Crippen LogP contribution in [-0.4, -0.2) is 12.5 Å². The maximum atomic E-state index is 12.0. The summed E-state index contributed by atoms with van der Waals surface area (Å²) < 4.78 is 0. The highest BCUT2D eigenvalue weighted by molar-refractivity contribution is 5.95. The molecule has 1 N–H and O–H groups in total. The summed E-state index contributed by atoms with van der Waals surface area (Å²) in [4.78, 5) is 12.0. The lowest BCUT2D eigenvalue weighted by atomic mass is 10.1. The van der Waals surface area contributed by atoms with Gasteiger partial charge in [0.25, 0.3) is 5.91 Å². The van der Waals surface area contributed by atoms with Crippen molar-refractivity contribution in [2.24, 2.45) is 0 Å². The van der Waals surface area contributed by atoms with E-state index in [1.54, 1.807) is 0 Å². The van der Waals surface area contributed by atoms with Crippen molar-refractivity contribution in [3.8, 4) is 0 Å². The summed E-state index contributed by atoms with van der Waals surface area (Å²) in [6.45, 7) is 8.88. The number of carbonyl (C=O) groups excluding carboxylic acids is 1. The van der Waals surface area contributed by atoms with Gasteiger partial charge in [0.15, 0.2) is 0 Å². The topological polar surface area (TPSA) is 29.1 Å².